The number of nitrogens with zero attached hydrogens (tertiary/aromatic N) is 5. The van der Waals surface area contributed by atoms with Gasteiger partial charge in [-0.25, -0.2) is 19.9 Å². The molecule has 4 rings (SSSR count). The fourth-order valence-corrected chi connectivity index (χ4v) is 2.46. The van der Waals surface area contributed by atoms with E-state index in [1.165, 1.54) is 24.9 Å². The summed E-state index contributed by atoms with van der Waals surface area (Å²) < 4.78 is 0. The molecular formula is C20H16N8O. The molecule has 0 atom stereocenters. The van der Waals surface area contributed by atoms with Crippen molar-refractivity contribution in [3.05, 3.63) is 85.3 Å². The normalized spacial score (nSPS) is 10.2. The van der Waals surface area contributed by atoms with E-state index in [-0.39, 0.29) is 11.6 Å². The fraction of sp³-hybridized carbons (Fsp3) is 0. The van der Waals surface area contributed by atoms with Crippen LogP contribution in [0.15, 0.2) is 79.6 Å². The fourth-order valence-electron chi connectivity index (χ4n) is 2.46. The van der Waals surface area contributed by atoms with E-state index in [0.717, 1.165) is 5.69 Å². The summed E-state index contributed by atoms with van der Waals surface area (Å²) in [5.74, 6) is 1.61. The van der Waals surface area contributed by atoms with Gasteiger partial charge in [0.05, 0.1) is 6.20 Å². The molecule has 3 N–H and O–H groups in total. The number of benzene rings is 1. The van der Waals surface area contributed by atoms with Crippen LogP contribution in [-0.2, 0) is 0 Å². The van der Waals surface area contributed by atoms with E-state index in [0.29, 0.717) is 23.1 Å². The second-order valence-electron chi connectivity index (χ2n) is 5.88. The molecule has 0 saturated carbocycles. The Bertz CT molecular complexity index is 1090. The molecule has 0 fully saturated rings. The van der Waals surface area contributed by atoms with Gasteiger partial charge in [0.25, 0.3) is 5.91 Å². The summed E-state index contributed by atoms with van der Waals surface area (Å²) in [6.07, 6.45) is 7.57. The van der Waals surface area contributed by atoms with Gasteiger partial charge in [-0.05, 0) is 36.4 Å². The zero-order valence-corrected chi connectivity index (χ0v) is 15.1. The molecule has 0 aliphatic rings. The zero-order chi connectivity index (χ0) is 19.9. The van der Waals surface area contributed by atoms with Crippen LogP contribution >= 0.6 is 0 Å². The molecule has 0 bridgehead atoms. The van der Waals surface area contributed by atoms with E-state index in [4.69, 9.17) is 0 Å². The van der Waals surface area contributed by atoms with E-state index >= 15 is 0 Å². The van der Waals surface area contributed by atoms with Crippen molar-refractivity contribution in [3.63, 3.8) is 0 Å². The van der Waals surface area contributed by atoms with E-state index in [1.54, 1.807) is 24.4 Å². The van der Waals surface area contributed by atoms with Gasteiger partial charge in [0.2, 0.25) is 0 Å². The third-order valence-corrected chi connectivity index (χ3v) is 3.80. The van der Waals surface area contributed by atoms with Gasteiger partial charge in [-0.3, -0.25) is 9.78 Å². The van der Waals surface area contributed by atoms with Crippen molar-refractivity contribution in [2.75, 3.05) is 16.0 Å². The summed E-state index contributed by atoms with van der Waals surface area (Å²) in [6, 6.07) is 14.6. The average Bonchev–Trinajstić information content (AvgIpc) is 2.77. The molecule has 0 aliphatic heterocycles. The summed E-state index contributed by atoms with van der Waals surface area (Å²) in [6.45, 7) is 0. The third kappa shape index (κ3) is 4.86. The minimum Gasteiger partial charge on any atom is -0.340 e. The molecule has 1 amide bonds. The Hall–Kier alpha value is -4.40. The number of amides is 1. The minimum atomic E-state index is -0.320. The highest BCUT2D eigenvalue weighted by Crippen LogP contribution is 2.20. The van der Waals surface area contributed by atoms with Gasteiger partial charge in [0.1, 0.15) is 29.5 Å². The van der Waals surface area contributed by atoms with Gasteiger partial charge in [-0.15, -0.1) is 0 Å². The largest absolute Gasteiger partial charge is 0.340 e. The van der Waals surface area contributed by atoms with Crippen LogP contribution in [0.1, 0.15) is 10.5 Å². The van der Waals surface area contributed by atoms with E-state index in [9.17, 15) is 4.79 Å². The van der Waals surface area contributed by atoms with Crippen LogP contribution in [0.3, 0.4) is 0 Å². The van der Waals surface area contributed by atoms with Crippen molar-refractivity contribution < 1.29 is 4.79 Å². The number of hydrogen-bond donors (Lipinski definition) is 3. The highest BCUT2D eigenvalue weighted by atomic mass is 16.1. The molecule has 142 valence electrons. The number of pyridine rings is 1. The predicted octanol–water partition coefficient (Wildman–Crippen LogP) is 3.40. The van der Waals surface area contributed by atoms with Crippen LogP contribution < -0.4 is 16.0 Å². The summed E-state index contributed by atoms with van der Waals surface area (Å²) >= 11 is 0. The molecule has 0 spiro atoms. The number of anilines is 5. The zero-order valence-electron chi connectivity index (χ0n) is 15.1. The molecule has 4 aromatic rings. The second kappa shape index (κ2) is 8.53. The van der Waals surface area contributed by atoms with Crippen molar-refractivity contribution in [1.82, 2.24) is 24.9 Å². The average molecular weight is 384 g/mol. The molecule has 0 unspecified atom stereocenters. The summed E-state index contributed by atoms with van der Waals surface area (Å²) in [5.41, 5.74) is 1.71. The van der Waals surface area contributed by atoms with Gasteiger partial charge < -0.3 is 16.0 Å². The number of hydrogen-bond acceptors (Lipinski definition) is 8. The van der Waals surface area contributed by atoms with Crippen molar-refractivity contribution >= 4 is 34.7 Å². The van der Waals surface area contributed by atoms with Crippen LogP contribution in [0.5, 0.6) is 0 Å². The maximum absolute atomic E-state index is 12.1. The summed E-state index contributed by atoms with van der Waals surface area (Å²) in [5, 5.41) is 9.09. The van der Waals surface area contributed by atoms with Crippen molar-refractivity contribution in [2.24, 2.45) is 0 Å². The maximum atomic E-state index is 12.1. The third-order valence-electron chi connectivity index (χ3n) is 3.80. The number of rotatable bonds is 6. The summed E-state index contributed by atoms with van der Waals surface area (Å²) in [7, 11) is 0. The molecule has 9 nitrogen and oxygen atoms in total. The Kier molecular flexibility index (Phi) is 5.29. The van der Waals surface area contributed by atoms with Gasteiger partial charge in [0, 0.05) is 36.0 Å². The number of nitrogens with one attached hydrogen (secondary N) is 3. The lowest BCUT2D eigenvalue weighted by molar-refractivity contribution is 0.102. The van der Waals surface area contributed by atoms with Crippen LogP contribution in [0.2, 0.25) is 0 Å². The second-order valence-corrected chi connectivity index (χ2v) is 5.88. The molecule has 0 saturated heterocycles. The van der Waals surface area contributed by atoms with E-state index in [1.807, 2.05) is 30.3 Å². The van der Waals surface area contributed by atoms with Gasteiger partial charge >= 0.3 is 0 Å². The smallest absolute Gasteiger partial charge is 0.275 e. The Balaban J connectivity index is 1.40. The molecule has 3 heterocycles. The van der Waals surface area contributed by atoms with Crippen molar-refractivity contribution in [1.29, 1.82) is 0 Å². The molecular weight excluding hydrogens is 368 g/mol. The van der Waals surface area contributed by atoms with Gasteiger partial charge in [-0.1, -0.05) is 6.07 Å². The first-order valence-corrected chi connectivity index (χ1v) is 8.71. The monoisotopic (exact) mass is 384 g/mol. The van der Waals surface area contributed by atoms with E-state index in [2.05, 4.69) is 40.9 Å². The van der Waals surface area contributed by atoms with Gasteiger partial charge in [0.15, 0.2) is 0 Å². The Morgan fingerprint density at radius 3 is 2.24 bits per heavy atom. The topological polar surface area (TPSA) is 118 Å². The quantitative estimate of drug-likeness (QED) is 0.463. The first kappa shape index (κ1) is 18.0. The Labute approximate surface area is 166 Å². The standard InChI is InChI=1S/C20H16N8O/c29-20(16-12-21-9-10-22-16)27-15-6-4-14(5-7-15)26-18-11-19(25-13-24-18)28-17-3-1-2-8-23-17/h1-13H,(H,27,29)(H2,23,24,25,26,28). The van der Waals surface area contributed by atoms with Crippen molar-refractivity contribution in [3.8, 4) is 0 Å². The SMILES string of the molecule is O=C(Nc1ccc(Nc2cc(Nc3ccccn3)ncn2)cc1)c1cnccn1. The van der Waals surface area contributed by atoms with Gasteiger partial charge in [-0.2, -0.15) is 0 Å². The first-order valence-electron chi connectivity index (χ1n) is 8.71. The number of carbonyl (C=O) groups is 1. The lowest BCUT2D eigenvalue weighted by atomic mass is 10.2. The molecule has 3 aromatic heterocycles. The molecule has 0 radical (unpaired) electrons. The first-order chi connectivity index (χ1) is 14.3. The minimum absolute atomic E-state index is 0.253. The van der Waals surface area contributed by atoms with Crippen LogP contribution in [0, 0.1) is 0 Å². The summed E-state index contributed by atoms with van der Waals surface area (Å²) in [4.78, 5) is 32.6. The lowest BCUT2D eigenvalue weighted by Gasteiger charge is -2.09. The number of carbonyl (C=O) groups excluding carboxylic acids is 1. The van der Waals surface area contributed by atoms with Crippen LogP contribution in [-0.4, -0.2) is 30.8 Å². The Morgan fingerprint density at radius 2 is 1.52 bits per heavy atom. The van der Waals surface area contributed by atoms with Crippen LogP contribution in [0.4, 0.5) is 28.8 Å². The molecule has 29 heavy (non-hydrogen) atoms. The highest BCUT2D eigenvalue weighted by Gasteiger charge is 2.07. The highest BCUT2D eigenvalue weighted by molar-refractivity contribution is 6.02. The lowest BCUT2D eigenvalue weighted by Crippen LogP contribution is -2.13. The Morgan fingerprint density at radius 1 is 0.724 bits per heavy atom. The molecule has 0 aliphatic carbocycles. The van der Waals surface area contributed by atoms with Crippen molar-refractivity contribution in [2.45, 2.75) is 0 Å². The maximum Gasteiger partial charge on any atom is 0.275 e. The molecule has 9 heteroatoms. The number of aromatic nitrogens is 5. The van der Waals surface area contributed by atoms with Crippen LogP contribution in [0.25, 0.3) is 0 Å². The van der Waals surface area contributed by atoms with E-state index < -0.39 is 0 Å². The molecule has 1 aromatic carbocycles. The predicted molar refractivity (Wildman–Crippen MR) is 109 cm³/mol.